The fraction of sp³-hybridized carbons (Fsp3) is 1.00. The number of sulfonamides is 1. The van der Waals surface area contributed by atoms with Gasteiger partial charge < -0.3 is 0 Å². The fourth-order valence-corrected chi connectivity index (χ4v) is 5.20. The largest absolute Gasteiger partial charge is 0.214 e. The smallest absolute Gasteiger partial charge is 0.212 e. The zero-order valence-corrected chi connectivity index (χ0v) is 11.3. The number of alkyl halides is 1. The van der Waals surface area contributed by atoms with Gasteiger partial charge in [-0.1, -0.05) is 22.4 Å². The van der Waals surface area contributed by atoms with Crippen LogP contribution in [-0.4, -0.2) is 36.4 Å². The molecule has 2 fully saturated rings. The van der Waals surface area contributed by atoms with Gasteiger partial charge in [0.25, 0.3) is 0 Å². The lowest BCUT2D eigenvalue weighted by Crippen LogP contribution is -2.45. The Morgan fingerprint density at radius 3 is 2.53 bits per heavy atom. The van der Waals surface area contributed by atoms with Crippen molar-refractivity contribution < 1.29 is 8.42 Å². The molecular formula is C10H18BrNO2S. The van der Waals surface area contributed by atoms with Gasteiger partial charge in [-0.15, -0.1) is 0 Å². The Kier molecular flexibility index (Phi) is 3.73. The first-order valence-electron chi connectivity index (χ1n) is 5.69. The summed E-state index contributed by atoms with van der Waals surface area (Å²) < 4.78 is 26.0. The molecule has 3 nitrogen and oxygen atoms in total. The number of nitrogens with zero attached hydrogens (tertiary/aromatic N) is 1. The van der Waals surface area contributed by atoms with Crippen molar-refractivity contribution >= 4 is 26.0 Å². The van der Waals surface area contributed by atoms with Crippen LogP contribution in [0.3, 0.4) is 0 Å². The van der Waals surface area contributed by atoms with Gasteiger partial charge in [-0.3, -0.25) is 0 Å². The summed E-state index contributed by atoms with van der Waals surface area (Å²) in [6.07, 6.45) is 5.40. The lowest BCUT2D eigenvalue weighted by atomic mass is 10.1. The third-order valence-electron chi connectivity index (χ3n) is 3.25. The first kappa shape index (κ1) is 11.9. The van der Waals surface area contributed by atoms with Crippen LogP contribution in [0, 0.1) is 5.92 Å². The molecule has 15 heavy (non-hydrogen) atoms. The molecule has 0 aromatic heterocycles. The zero-order chi connectivity index (χ0) is 10.9. The fourth-order valence-electron chi connectivity index (χ4n) is 2.17. The van der Waals surface area contributed by atoms with Gasteiger partial charge in [-0.25, -0.2) is 8.42 Å². The third kappa shape index (κ3) is 2.94. The number of piperidine rings is 1. The molecule has 0 aromatic carbocycles. The monoisotopic (exact) mass is 295 g/mol. The maximum absolute atomic E-state index is 12.1. The molecule has 0 radical (unpaired) electrons. The molecule has 1 unspecified atom stereocenters. The minimum Gasteiger partial charge on any atom is -0.212 e. The van der Waals surface area contributed by atoms with Crippen molar-refractivity contribution in [2.75, 3.05) is 17.6 Å². The predicted molar refractivity (Wildman–Crippen MR) is 64.6 cm³/mol. The van der Waals surface area contributed by atoms with Crippen molar-refractivity contribution in [3.8, 4) is 0 Å². The summed E-state index contributed by atoms with van der Waals surface area (Å²) >= 11 is 3.42. The van der Waals surface area contributed by atoms with Gasteiger partial charge in [-0.05, 0) is 31.6 Å². The van der Waals surface area contributed by atoms with E-state index in [1.807, 2.05) is 0 Å². The van der Waals surface area contributed by atoms with E-state index in [1.54, 1.807) is 4.31 Å². The van der Waals surface area contributed by atoms with Crippen molar-refractivity contribution in [3.05, 3.63) is 0 Å². The molecule has 1 saturated heterocycles. The Morgan fingerprint density at radius 1 is 1.20 bits per heavy atom. The van der Waals surface area contributed by atoms with E-state index in [9.17, 15) is 8.42 Å². The Labute approximate surface area is 100 Å². The number of rotatable bonds is 4. The number of hydrogen-bond donors (Lipinski definition) is 0. The van der Waals surface area contributed by atoms with Crippen LogP contribution in [-0.2, 0) is 10.0 Å². The van der Waals surface area contributed by atoms with Crippen molar-refractivity contribution in [1.29, 1.82) is 0 Å². The second kappa shape index (κ2) is 4.72. The van der Waals surface area contributed by atoms with E-state index in [-0.39, 0.29) is 6.04 Å². The minimum atomic E-state index is -2.98. The van der Waals surface area contributed by atoms with E-state index in [0.29, 0.717) is 11.7 Å². The van der Waals surface area contributed by atoms with Crippen LogP contribution in [0.5, 0.6) is 0 Å². The van der Waals surface area contributed by atoms with E-state index in [4.69, 9.17) is 0 Å². The highest BCUT2D eigenvalue weighted by Crippen LogP contribution is 2.32. The average molecular weight is 296 g/mol. The average Bonchev–Trinajstić information content (AvgIpc) is 3.01. The maximum atomic E-state index is 12.1. The highest BCUT2D eigenvalue weighted by Gasteiger charge is 2.36. The number of hydrogen-bond acceptors (Lipinski definition) is 2. The zero-order valence-electron chi connectivity index (χ0n) is 8.86. The molecule has 5 heteroatoms. The molecule has 2 aliphatic rings. The van der Waals surface area contributed by atoms with E-state index in [2.05, 4.69) is 15.9 Å². The topological polar surface area (TPSA) is 37.4 Å². The predicted octanol–water partition coefficient (Wildman–Crippen LogP) is 1.98. The third-order valence-corrected chi connectivity index (χ3v) is 6.09. The van der Waals surface area contributed by atoms with E-state index in [1.165, 1.54) is 0 Å². The normalized spacial score (nSPS) is 29.3. The molecule has 88 valence electrons. The summed E-state index contributed by atoms with van der Waals surface area (Å²) in [5.74, 6) is 0.837. The Bertz CT molecular complexity index is 313. The molecular weight excluding hydrogens is 278 g/mol. The van der Waals surface area contributed by atoms with Crippen LogP contribution in [0.25, 0.3) is 0 Å². The second-order valence-corrected chi connectivity index (χ2v) is 7.25. The van der Waals surface area contributed by atoms with Gasteiger partial charge in [0.2, 0.25) is 10.0 Å². The standard InChI is InChI=1S/C10H18BrNO2S/c11-7-10-3-1-2-6-12(10)15(13,14)8-9-4-5-9/h9-10H,1-8H2. The summed E-state index contributed by atoms with van der Waals surface area (Å²) in [5.41, 5.74) is 0. The highest BCUT2D eigenvalue weighted by atomic mass is 79.9. The maximum Gasteiger partial charge on any atom is 0.214 e. The summed E-state index contributed by atoms with van der Waals surface area (Å²) in [6, 6.07) is 0.197. The quantitative estimate of drug-likeness (QED) is 0.744. The van der Waals surface area contributed by atoms with Crippen LogP contribution in [0.4, 0.5) is 0 Å². The molecule has 0 amide bonds. The van der Waals surface area contributed by atoms with Gasteiger partial charge >= 0.3 is 0 Å². The molecule has 0 bridgehead atoms. The molecule has 0 N–H and O–H groups in total. The van der Waals surface area contributed by atoms with E-state index < -0.39 is 10.0 Å². The Balaban J connectivity index is 2.04. The summed E-state index contributed by atoms with van der Waals surface area (Å²) in [6.45, 7) is 0.728. The van der Waals surface area contributed by atoms with Crippen LogP contribution in [0.2, 0.25) is 0 Å². The summed E-state index contributed by atoms with van der Waals surface area (Å²) in [7, 11) is -2.98. The first-order valence-corrected chi connectivity index (χ1v) is 8.42. The Morgan fingerprint density at radius 2 is 1.93 bits per heavy atom. The van der Waals surface area contributed by atoms with Gasteiger partial charge in [0, 0.05) is 17.9 Å². The van der Waals surface area contributed by atoms with E-state index >= 15 is 0 Å². The van der Waals surface area contributed by atoms with Crippen LogP contribution >= 0.6 is 15.9 Å². The SMILES string of the molecule is O=S(=O)(CC1CC1)N1CCCCC1CBr. The molecule has 2 rings (SSSR count). The Hall–Kier alpha value is 0.390. The van der Waals surface area contributed by atoms with Crippen molar-refractivity contribution in [3.63, 3.8) is 0 Å². The van der Waals surface area contributed by atoms with Gasteiger partial charge in [-0.2, -0.15) is 4.31 Å². The van der Waals surface area contributed by atoms with Crippen molar-refractivity contribution in [2.45, 2.75) is 38.1 Å². The highest BCUT2D eigenvalue weighted by molar-refractivity contribution is 9.09. The molecule has 1 aliphatic heterocycles. The second-order valence-electron chi connectivity index (χ2n) is 4.64. The van der Waals surface area contributed by atoms with E-state index in [0.717, 1.165) is 44.0 Å². The van der Waals surface area contributed by atoms with Gasteiger partial charge in [0.15, 0.2) is 0 Å². The summed E-state index contributed by atoms with van der Waals surface area (Å²) in [5, 5.41) is 0.775. The molecule has 0 aromatic rings. The van der Waals surface area contributed by atoms with Gasteiger partial charge in [0.1, 0.15) is 0 Å². The number of halogens is 1. The van der Waals surface area contributed by atoms with Gasteiger partial charge in [0.05, 0.1) is 5.75 Å². The molecule has 0 spiro atoms. The molecule has 1 aliphatic carbocycles. The van der Waals surface area contributed by atoms with Crippen LogP contribution in [0.1, 0.15) is 32.1 Å². The van der Waals surface area contributed by atoms with Crippen molar-refractivity contribution in [2.24, 2.45) is 5.92 Å². The van der Waals surface area contributed by atoms with Crippen LogP contribution in [0.15, 0.2) is 0 Å². The van der Waals surface area contributed by atoms with Crippen molar-refractivity contribution in [1.82, 2.24) is 4.31 Å². The summed E-state index contributed by atoms with van der Waals surface area (Å²) in [4.78, 5) is 0. The minimum absolute atomic E-state index is 0.197. The first-order chi connectivity index (χ1) is 7.13. The lowest BCUT2D eigenvalue weighted by molar-refractivity contribution is 0.273. The molecule has 1 atom stereocenters. The van der Waals surface area contributed by atoms with Crippen LogP contribution < -0.4 is 0 Å². The lowest BCUT2D eigenvalue weighted by Gasteiger charge is -2.33. The molecule has 1 heterocycles. The molecule has 1 saturated carbocycles.